The molecule has 1 aliphatic rings. The molecule has 0 aliphatic heterocycles. The van der Waals surface area contributed by atoms with Crippen LogP contribution in [0.3, 0.4) is 0 Å². The highest BCUT2D eigenvalue weighted by atomic mass is 32.2. The number of benzene rings is 1. The molecule has 5 nitrogen and oxygen atoms in total. The molecular formula is C14H22N2O3S. The number of nitrogen functional groups attached to an aromatic ring is 1. The number of aliphatic hydroxyl groups is 1. The Hall–Kier alpha value is -1.11. The summed E-state index contributed by atoms with van der Waals surface area (Å²) in [6.45, 7) is 2.24. The van der Waals surface area contributed by atoms with Crippen LogP contribution in [0.1, 0.15) is 31.2 Å². The first-order valence-electron chi connectivity index (χ1n) is 6.92. The van der Waals surface area contributed by atoms with Crippen LogP contribution in [0.4, 0.5) is 5.69 Å². The van der Waals surface area contributed by atoms with Crippen molar-refractivity contribution in [3.63, 3.8) is 0 Å². The molecule has 0 amide bonds. The smallest absolute Gasteiger partial charge is 0.240 e. The first kappa shape index (κ1) is 15.3. The second-order valence-electron chi connectivity index (χ2n) is 5.61. The molecule has 0 bridgehead atoms. The molecule has 112 valence electrons. The fraction of sp³-hybridized carbons (Fsp3) is 0.571. The summed E-state index contributed by atoms with van der Waals surface area (Å²) in [5.41, 5.74) is 6.97. The van der Waals surface area contributed by atoms with Gasteiger partial charge in [-0.1, -0.05) is 0 Å². The predicted octanol–water partition coefficient (Wildman–Crippen LogP) is 1.41. The van der Waals surface area contributed by atoms with Gasteiger partial charge in [-0.15, -0.1) is 0 Å². The van der Waals surface area contributed by atoms with Gasteiger partial charge in [-0.2, -0.15) is 0 Å². The van der Waals surface area contributed by atoms with E-state index in [4.69, 9.17) is 5.73 Å². The SMILES string of the molecule is Cc1cc(N)cc(S(=O)(=O)NCC2CCC(O)CC2)c1. The summed E-state index contributed by atoms with van der Waals surface area (Å²) in [5.74, 6) is 0.301. The average molecular weight is 298 g/mol. The Morgan fingerprint density at radius 3 is 2.50 bits per heavy atom. The van der Waals surface area contributed by atoms with Gasteiger partial charge >= 0.3 is 0 Å². The Morgan fingerprint density at radius 1 is 1.25 bits per heavy atom. The first-order chi connectivity index (χ1) is 9.37. The summed E-state index contributed by atoms with van der Waals surface area (Å²) in [6, 6.07) is 4.82. The van der Waals surface area contributed by atoms with Crippen LogP contribution in [0.15, 0.2) is 23.1 Å². The number of aryl methyl sites for hydroxylation is 1. The number of sulfonamides is 1. The van der Waals surface area contributed by atoms with Crippen molar-refractivity contribution in [1.82, 2.24) is 4.72 Å². The summed E-state index contributed by atoms with van der Waals surface area (Å²) < 4.78 is 27.1. The maximum absolute atomic E-state index is 12.2. The number of aliphatic hydroxyl groups excluding tert-OH is 1. The average Bonchev–Trinajstić information content (AvgIpc) is 2.37. The van der Waals surface area contributed by atoms with E-state index in [-0.39, 0.29) is 11.0 Å². The van der Waals surface area contributed by atoms with E-state index >= 15 is 0 Å². The minimum absolute atomic E-state index is 0.214. The third kappa shape index (κ3) is 3.94. The van der Waals surface area contributed by atoms with Crippen LogP contribution >= 0.6 is 0 Å². The second-order valence-corrected chi connectivity index (χ2v) is 7.37. The van der Waals surface area contributed by atoms with Gasteiger partial charge in [-0.05, 0) is 62.3 Å². The van der Waals surface area contributed by atoms with Crippen LogP contribution < -0.4 is 10.5 Å². The normalized spacial score (nSPS) is 23.7. The highest BCUT2D eigenvalue weighted by Crippen LogP contribution is 2.24. The molecule has 1 aliphatic carbocycles. The highest BCUT2D eigenvalue weighted by Gasteiger charge is 2.22. The van der Waals surface area contributed by atoms with Crippen LogP contribution in [-0.2, 0) is 10.0 Å². The summed E-state index contributed by atoms with van der Waals surface area (Å²) in [5, 5.41) is 9.44. The van der Waals surface area contributed by atoms with Gasteiger partial charge in [0.1, 0.15) is 0 Å². The van der Waals surface area contributed by atoms with E-state index in [0.29, 0.717) is 18.2 Å². The molecule has 4 N–H and O–H groups in total. The van der Waals surface area contributed by atoms with Crippen molar-refractivity contribution in [1.29, 1.82) is 0 Å². The van der Waals surface area contributed by atoms with Crippen molar-refractivity contribution in [2.75, 3.05) is 12.3 Å². The van der Waals surface area contributed by atoms with Crippen molar-refractivity contribution in [2.24, 2.45) is 5.92 Å². The number of hydrogen-bond donors (Lipinski definition) is 3. The summed E-state index contributed by atoms with van der Waals surface area (Å²) in [6.07, 6.45) is 3.01. The summed E-state index contributed by atoms with van der Waals surface area (Å²) >= 11 is 0. The molecule has 1 aromatic carbocycles. The Bertz CT molecular complexity index is 544. The molecule has 0 radical (unpaired) electrons. The van der Waals surface area contributed by atoms with Crippen LogP contribution in [-0.4, -0.2) is 26.2 Å². The van der Waals surface area contributed by atoms with Gasteiger partial charge in [-0.25, -0.2) is 13.1 Å². The maximum atomic E-state index is 12.2. The monoisotopic (exact) mass is 298 g/mol. The van der Waals surface area contributed by atoms with Gasteiger partial charge in [0, 0.05) is 12.2 Å². The lowest BCUT2D eigenvalue weighted by Crippen LogP contribution is -2.32. The molecule has 20 heavy (non-hydrogen) atoms. The van der Waals surface area contributed by atoms with E-state index in [9.17, 15) is 13.5 Å². The van der Waals surface area contributed by atoms with Crippen molar-refractivity contribution >= 4 is 15.7 Å². The number of rotatable bonds is 4. The summed E-state index contributed by atoms with van der Waals surface area (Å²) in [4.78, 5) is 0.214. The number of anilines is 1. The molecule has 6 heteroatoms. The molecule has 1 aromatic rings. The van der Waals surface area contributed by atoms with Gasteiger partial charge in [0.25, 0.3) is 0 Å². The van der Waals surface area contributed by atoms with Gasteiger partial charge in [0.05, 0.1) is 11.0 Å². The molecule has 0 aromatic heterocycles. The number of hydrogen-bond acceptors (Lipinski definition) is 4. The van der Waals surface area contributed by atoms with Crippen LogP contribution in [0.5, 0.6) is 0 Å². The van der Waals surface area contributed by atoms with E-state index in [1.54, 1.807) is 12.1 Å². The van der Waals surface area contributed by atoms with Gasteiger partial charge in [0.2, 0.25) is 10.0 Å². The predicted molar refractivity (Wildman–Crippen MR) is 78.7 cm³/mol. The zero-order valence-electron chi connectivity index (χ0n) is 11.7. The van der Waals surface area contributed by atoms with Crippen LogP contribution in [0.2, 0.25) is 0 Å². The zero-order chi connectivity index (χ0) is 14.8. The molecular weight excluding hydrogens is 276 g/mol. The first-order valence-corrected chi connectivity index (χ1v) is 8.40. The van der Waals surface area contributed by atoms with E-state index in [1.807, 2.05) is 6.92 Å². The van der Waals surface area contributed by atoms with Gasteiger partial charge in [-0.3, -0.25) is 0 Å². The molecule has 0 atom stereocenters. The Balaban J connectivity index is 2.00. The lowest BCUT2D eigenvalue weighted by molar-refractivity contribution is 0.109. The topological polar surface area (TPSA) is 92.4 Å². The van der Waals surface area contributed by atoms with Crippen LogP contribution in [0.25, 0.3) is 0 Å². The van der Waals surface area contributed by atoms with Crippen LogP contribution in [0, 0.1) is 12.8 Å². The lowest BCUT2D eigenvalue weighted by Gasteiger charge is -2.25. The maximum Gasteiger partial charge on any atom is 0.240 e. The Kier molecular flexibility index (Phi) is 4.67. The Morgan fingerprint density at radius 2 is 1.90 bits per heavy atom. The largest absolute Gasteiger partial charge is 0.399 e. The minimum atomic E-state index is -3.51. The molecule has 0 saturated heterocycles. The fourth-order valence-electron chi connectivity index (χ4n) is 2.59. The van der Waals surface area contributed by atoms with Crippen molar-refractivity contribution in [3.8, 4) is 0 Å². The number of nitrogens with two attached hydrogens (primary N) is 1. The standard InChI is InChI=1S/C14H22N2O3S/c1-10-6-12(15)8-14(7-10)20(18,19)16-9-11-2-4-13(17)5-3-11/h6-8,11,13,16-17H,2-5,9,15H2,1H3. The van der Waals surface area contributed by atoms with Crippen molar-refractivity contribution in [2.45, 2.75) is 43.6 Å². The van der Waals surface area contributed by atoms with E-state index < -0.39 is 10.0 Å². The van der Waals surface area contributed by atoms with Gasteiger partial charge in [0.15, 0.2) is 0 Å². The molecule has 1 saturated carbocycles. The van der Waals surface area contributed by atoms with Crippen molar-refractivity contribution in [3.05, 3.63) is 23.8 Å². The molecule has 0 unspecified atom stereocenters. The number of nitrogens with one attached hydrogen (secondary N) is 1. The fourth-order valence-corrected chi connectivity index (χ4v) is 3.85. The van der Waals surface area contributed by atoms with Gasteiger partial charge < -0.3 is 10.8 Å². The molecule has 1 fully saturated rings. The minimum Gasteiger partial charge on any atom is -0.399 e. The highest BCUT2D eigenvalue weighted by molar-refractivity contribution is 7.89. The van der Waals surface area contributed by atoms with E-state index in [2.05, 4.69) is 4.72 Å². The van der Waals surface area contributed by atoms with Crippen molar-refractivity contribution < 1.29 is 13.5 Å². The third-order valence-electron chi connectivity index (χ3n) is 3.76. The molecule has 2 rings (SSSR count). The third-order valence-corrected chi connectivity index (χ3v) is 5.16. The van der Waals surface area contributed by atoms with E-state index in [1.165, 1.54) is 6.07 Å². The van der Waals surface area contributed by atoms with E-state index in [0.717, 1.165) is 31.2 Å². The molecule has 0 heterocycles. The summed E-state index contributed by atoms with van der Waals surface area (Å²) in [7, 11) is -3.51. The molecule has 0 spiro atoms. The zero-order valence-corrected chi connectivity index (χ0v) is 12.5. The quantitative estimate of drug-likeness (QED) is 0.733. The Labute approximate surface area is 120 Å². The second kappa shape index (κ2) is 6.11. The lowest BCUT2D eigenvalue weighted by atomic mass is 9.88.